The summed E-state index contributed by atoms with van der Waals surface area (Å²) in [6.45, 7) is 0.198. The van der Waals surface area contributed by atoms with Crippen LogP contribution in [0.25, 0.3) is 0 Å². The lowest BCUT2D eigenvalue weighted by atomic mass is 10.2. The van der Waals surface area contributed by atoms with Crippen LogP contribution >= 0.6 is 11.6 Å². The van der Waals surface area contributed by atoms with Crippen molar-refractivity contribution in [3.63, 3.8) is 0 Å². The molecular weight excluding hydrogens is 192 g/mol. The zero-order chi connectivity index (χ0) is 9.68. The Morgan fingerprint density at radius 3 is 2.54 bits per heavy atom. The first-order valence-electron chi connectivity index (χ1n) is 3.67. The molecular formula is C9H9ClO3. The van der Waals surface area contributed by atoms with Gasteiger partial charge in [-0.05, 0) is 17.7 Å². The molecule has 0 atom stereocenters. The van der Waals surface area contributed by atoms with E-state index in [1.165, 1.54) is 7.11 Å². The average molecular weight is 201 g/mol. The maximum Gasteiger partial charge on any atom is 0.508 e. The molecule has 0 unspecified atom stereocenters. The van der Waals surface area contributed by atoms with Crippen LogP contribution in [0.15, 0.2) is 24.3 Å². The van der Waals surface area contributed by atoms with Crippen LogP contribution in [0.4, 0.5) is 4.79 Å². The highest BCUT2D eigenvalue weighted by molar-refractivity contribution is 6.30. The van der Waals surface area contributed by atoms with E-state index in [4.69, 9.17) is 16.3 Å². The molecule has 0 N–H and O–H groups in total. The van der Waals surface area contributed by atoms with E-state index in [-0.39, 0.29) is 6.61 Å². The SMILES string of the molecule is COC(=O)OCc1ccc(Cl)cc1. The number of benzene rings is 1. The fraction of sp³-hybridized carbons (Fsp3) is 0.222. The largest absolute Gasteiger partial charge is 0.508 e. The lowest BCUT2D eigenvalue weighted by Gasteiger charge is -2.02. The Morgan fingerprint density at radius 1 is 1.38 bits per heavy atom. The fourth-order valence-electron chi connectivity index (χ4n) is 0.782. The van der Waals surface area contributed by atoms with Gasteiger partial charge < -0.3 is 9.47 Å². The summed E-state index contributed by atoms with van der Waals surface area (Å²) in [5.74, 6) is 0. The first kappa shape index (κ1) is 9.86. The molecule has 0 amide bonds. The minimum Gasteiger partial charge on any atom is -0.438 e. The van der Waals surface area contributed by atoms with Gasteiger partial charge in [-0.1, -0.05) is 23.7 Å². The van der Waals surface area contributed by atoms with E-state index in [2.05, 4.69) is 4.74 Å². The number of methoxy groups -OCH3 is 1. The lowest BCUT2D eigenvalue weighted by Crippen LogP contribution is -2.03. The van der Waals surface area contributed by atoms with Crippen LogP contribution in [0, 0.1) is 0 Å². The quantitative estimate of drug-likeness (QED) is 0.689. The van der Waals surface area contributed by atoms with Crippen molar-refractivity contribution in [1.29, 1.82) is 0 Å². The van der Waals surface area contributed by atoms with Crippen molar-refractivity contribution >= 4 is 17.8 Å². The monoisotopic (exact) mass is 200 g/mol. The Hall–Kier alpha value is -1.22. The number of rotatable bonds is 2. The minimum absolute atomic E-state index is 0.198. The molecule has 70 valence electrons. The van der Waals surface area contributed by atoms with Gasteiger partial charge in [-0.25, -0.2) is 4.79 Å². The maximum atomic E-state index is 10.6. The van der Waals surface area contributed by atoms with Crippen molar-refractivity contribution in [2.24, 2.45) is 0 Å². The third-order valence-electron chi connectivity index (χ3n) is 1.44. The van der Waals surface area contributed by atoms with E-state index in [1.807, 2.05) is 0 Å². The van der Waals surface area contributed by atoms with E-state index in [9.17, 15) is 4.79 Å². The van der Waals surface area contributed by atoms with Gasteiger partial charge in [0.25, 0.3) is 0 Å². The molecule has 1 rings (SSSR count). The maximum absolute atomic E-state index is 10.6. The van der Waals surface area contributed by atoms with Crippen LogP contribution in [-0.2, 0) is 16.1 Å². The summed E-state index contributed by atoms with van der Waals surface area (Å²) < 4.78 is 9.02. The molecule has 13 heavy (non-hydrogen) atoms. The van der Waals surface area contributed by atoms with Crippen molar-refractivity contribution in [2.45, 2.75) is 6.61 Å². The van der Waals surface area contributed by atoms with E-state index in [0.29, 0.717) is 5.02 Å². The molecule has 0 heterocycles. The van der Waals surface area contributed by atoms with E-state index in [1.54, 1.807) is 24.3 Å². The van der Waals surface area contributed by atoms with Crippen molar-refractivity contribution in [3.05, 3.63) is 34.9 Å². The Bertz CT molecular complexity index is 281. The molecule has 0 spiro atoms. The van der Waals surface area contributed by atoms with Gasteiger partial charge in [-0.15, -0.1) is 0 Å². The zero-order valence-corrected chi connectivity index (χ0v) is 7.88. The summed E-state index contributed by atoms with van der Waals surface area (Å²) >= 11 is 5.67. The molecule has 0 aliphatic heterocycles. The van der Waals surface area contributed by atoms with Gasteiger partial charge in [0.1, 0.15) is 6.61 Å². The van der Waals surface area contributed by atoms with Crippen LogP contribution in [0.3, 0.4) is 0 Å². The predicted octanol–water partition coefficient (Wildman–Crippen LogP) is 2.62. The van der Waals surface area contributed by atoms with Crippen LogP contribution in [-0.4, -0.2) is 13.3 Å². The molecule has 0 aliphatic rings. The summed E-state index contributed by atoms with van der Waals surface area (Å²) in [5.41, 5.74) is 0.870. The van der Waals surface area contributed by atoms with Crippen LogP contribution in [0.2, 0.25) is 5.02 Å². The third kappa shape index (κ3) is 3.34. The first-order chi connectivity index (χ1) is 6.22. The van der Waals surface area contributed by atoms with Gasteiger partial charge in [0.2, 0.25) is 0 Å². The molecule has 1 aromatic carbocycles. The second-order valence-corrected chi connectivity index (χ2v) is 2.81. The summed E-state index contributed by atoms with van der Waals surface area (Å²) in [7, 11) is 1.27. The average Bonchev–Trinajstić information content (AvgIpc) is 2.16. The first-order valence-corrected chi connectivity index (χ1v) is 4.05. The molecule has 0 radical (unpaired) electrons. The number of hydrogen-bond acceptors (Lipinski definition) is 3. The number of carbonyl (C=O) groups excluding carboxylic acids is 1. The van der Waals surface area contributed by atoms with E-state index >= 15 is 0 Å². The standard InChI is InChI=1S/C9H9ClO3/c1-12-9(11)13-6-7-2-4-8(10)5-3-7/h2-5H,6H2,1H3. The summed E-state index contributed by atoms with van der Waals surface area (Å²) in [6.07, 6.45) is -0.685. The smallest absolute Gasteiger partial charge is 0.438 e. The highest BCUT2D eigenvalue weighted by Crippen LogP contribution is 2.10. The molecule has 0 fully saturated rings. The Kier molecular flexibility index (Phi) is 3.58. The predicted molar refractivity (Wildman–Crippen MR) is 48.6 cm³/mol. The molecule has 0 aromatic heterocycles. The third-order valence-corrected chi connectivity index (χ3v) is 1.69. The molecule has 1 aromatic rings. The van der Waals surface area contributed by atoms with Crippen LogP contribution in [0.5, 0.6) is 0 Å². The van der Waals surface area contributed by atoms with Gasteiger partial charge in [-0.2, -0.15) is 0 Å². The molecule has 0 aliphatic carbocycles. The summed E-state index contributed by atoms with van der Waals surface area (Å²) in [6, 6.07) is 7.03. The highest BCUT2D eigenvalue weighted by atomic mass is 35.5. The lowest BCUT2D eigenvalue weighted by molar-refractivity contribution is 0.0669. The zero-order valence-electron chi connectivity index (χ0n) is 7.12. The Balaban J connectivity index is 2.46. The van der Waals surface area contributed by atoms with Crippen molar-refractivity contribution < 1.29 is 14.3 Å². The molecule has 0 bridgehead atoms. The van der Waals surface area contributed by atoms with E-state index < -0.39 is 6.16 Å². The topological polar surface area (TPSA) is 35.5 Å². The van der Waals surface area contributed by atoms with Gasteiger partial charge in [0, 0.05) is 5.02 Å². The number of halogens is 1. The number of carbonyl (C=O) groups is 1. The number of hydrogen-bond donors (Lipinski definition) is 0. The van der Waals surface area contributed by atoms with Gasteiger partial charge in [0.15, 0.2) is 0 Å². The summed E-state index contributed by atoms with van der Waals surface area (Å²) in [4.78, 5) is 10.6. The van der Waals surface area contributed by atoms with Crippen molar-refractivity contribution in [2.75, 3.05) is 7.11 Å². The second-order valence-electron chi connectivity index (χ2n) is 2.37. The number of ether oxygens (including phenoxy) is 2. The summed E-state index contributed by atoms with van der Waals surface area (Å²) in [5, 5.41) is 0.654. The van der Waals surface area contributed by atoms with Crippen LogP contribution in [0.1, 0.15) is 5.56 Å². The van der Waals surface area contributed by atoms with Crippen molar-refractivity contribution in [3.8, 4) is 0 Å². The van der Waals surface area contributed by atoms with Crippen LogP contribution < -0.4 is 0 Å². The van der Waals surface area contributed by atoms with Gasteiger partial charge in [-0.3, -0.25) is 0 Å². The fourth-order valence-corrected chi connectivity index (χ4v) is 0.908. The Morgan fingerprint density at radius 2 is 2.00 bits per heavy atom. The second kappa shape index (κ2) is 4.72. The van der Waals surface area contributed by atoms with Gasteiger partial charge >= 0.3 is 6.16 Å². The van der Waals surface area contributed by atoms with Gasteiger partial charge in [0.05, 0.1) is 7.11 Å². The molecule has 0 saturated heterocycles. The van der Waals surface area contributed by atoms with E-state index in [0.717, 1.165) is 5.56 Å². The molecule has 0 saturated carbocycles. The highest BCUT2D eigenvalue weighted by Gasteiger charge is 2.00. The Labute approximate surface area is 81.2 Å². The molecule has 4 heteroatoms. The molecule has 3 nitrogen and oxygen atoms in total. The minimum atomic E-state index is -0.685. The van der Waals surface area contributed by atoms with Crippen molar-refractivity contribution in [1.82, 2.24) is 0 Å². The normalized spacial score (nSPS) is 9.38.